The molecule has 23 heavy (non-hydrogen) atoms. The monoisotopic (exact) mass is 311 g/mol. The van der Waals surface area contributed by atoms with Gasteiger partial charge in [0.15, 0.2) is 0 Å². The number of hydrogen-bond donors (Lipinski definition) is 0. The van der Waals surface area contributed by atoms with Crippen molar-refractivity contribution in [2.75, 3.05) is 19.7 Å². The third-order valence-corrected chi connectivity index (χ3v) is 5.60. The highest BCUT2D eigenvalue weighted by atomic mass is 16.5. The maximum Gasteiger partial charge on any atom is 0.237 e. The smallest absolute Gasteiger partial charge is 0.237 e. The van der Waals surface area contributed by atoms with Gasteiger partial charge < -0.3 is 9.26 Å². The van der Waals surface area contributed by atoms with Crippen LogP contribution >= 0.6 is 0 Å². The molecule has 1 aromatic carbocycles. The molecule has 2 saturated heterocycles. The summed E-state index contributed by atoms with van der Waals surface area (Å²) in [6.07, 6.45) is 4.64. The summed E-state index contributed by atoms with van der Waals surface area (Å²) >= 11 is 0. The number of hydrogen-bond acceptors (Lipinski definition) is 5. The molecule has 3 heterocycles. The first-order valence-corrected chi connectivity index (χ1v) is 8.60. The Kier molecular flexibility index (Phi) is 3.06. The van der Waals surface area contributed by atoms with Crippen LogP contribution in [0.15, 0.2) is 34.9 Å². The quantitative estimate of drug-likeness (QED) is 0.872. The van der Waals surface area contributed by atoms with Crippen molar-refractivity contribution in [1.82, 2.24) is 15.0 Å². The van der Waals surface area contributed by atoms with Crippen LogP contribution in [0.1, 0.15) is 49.1 Å². The molecule has 0 bridgehead atoms. The molecular weight excluding hydrogens is 290 g/mol. The fourth-order valence-corrected chi connectivity index (χ4v) is 4.04. The normalized spacial score (nSPS) is 29.4. The zero-order chi connectivity index (χ0) is 15.3. The summed E-state index contributed by atoms with van der Waals surface area (Å²) < 4.78 is 11.7. The molecule has 3 aliphatic rings. The molecule has 0 N–H and O–H groups in total. The van der Waals surface area contributed by atoms with Crippen LogP contribution in [0.4, 0.5) is 0 Å². The first-order valence-electron chi connectivity index (χ1n) is 8.60. The van der Waals surface area contributed by atoms with Crippen molar-refractivity contribution < 1.29 is 9.26 Å². The number of fused-ring (bicyclic) bond motifs is 1. The molecule has 5 rings (SSSR count). The summed E-state index contributed by atoms with van der Waals surface area (Å²) in [7, 11) is 0. The van der Waals surface area contributed by atoms with Gasteiger partial charge in [-0.05, 0) is 37.8 Å². The van der Waals surface area contributed by atoms with Gasteiger partial charge in [0, 0.05) is 12.6 Å². The topological polar surface area (TPSA) is 51.4 Å². The molecule has 0 amide bonds. The minimum absolute atomic E-state index is 0.0478. The van der Waals surface area contributed by atoms with Gasteiger partial charge in [-0.2, -0.15) is 4.98 Å². The number of rotatable bonds is 3. The van der Waals surface area contributed by atoms with E-state index in [1.807, 2.05) is 6.07 Å². The lowest BCUT2D eigenvalue weighted by Gasteiger charge is -2.33. The summed E-state index contributed by atoms with van der Waals surface area (Å²) in [5.74, 6) is 1.47. The van der Waals surface area contributed by atoms with Gasteiger partial charge in [-0.25, -0.2) is 0 Å². The summed E-state index contributed by atoms with van der Waals surface area (Å²) in [5, 5.41) is 4.25. The van der Waals surface area contributed by atoms with E-state index in [1.165, 1.54) is 24.9 Å². The molecule has 0 unspecified atom stereocenters. The summed E-state index contributed by atoms with van der Waals surface area (Å²) in [5.41, 5.74) is 1.22. The van der Waals surface area contributed by atoms with E-state index >= 15 is 0 Å². The second-order valence-corrected chi connectivity index (χ2v) is 7.02. The number of ether oxygens (including phenoxy) is 1. The summed E-state index contributed by atoms with van der Waals surface area (Å²) in [6.45, 7) is 2.85. The van der Waals surface area contributed by atoms with Crippen LogP contribution in [0.3, 0.4) is 0 Å². The van der Waals surface area contributed by atoms with Gasteiger partial charge >= 0.3 is 0 Å². The van der Waals surface area contributed by atoms with E-state index in [0.717, 1.165) is 31.9 Å². The van der Waals surface area contributed by atoms with Gasteiger partial charge in [0.05, 0.1) is 12.0 Å². The van der Waals surface area contributed by atoms with Crippen molar-refractivity contribution in [1.29, 1.82) is 0 Å². The molecular formula is C18H21N3O2. The number of benzene rings is 1. The van der Waals surface area contributed by atoms with Gasteiger partial charge in [-0.3, -0.25) is 4.90 Å². The zero-order valence-electron chi connectivity index (χ0n) is 13.1. The van der Waals surface area contributed by atoms with Gasteiger partial charge in [0.25, 0.3) is 0 Å². The van der Waals surface area contributed by atoms with Crippen molar-refractivity contribution in [3.63, 3.8) is 0 Å². The molecule has 5 nitrogen and oxygen atoms in total. The van der Waals surface area contributed by atoms with Gasteiger partial charge in [-0.1, -0.05) is 35.5 Å². The summed E-state index contributed by atoms with van der Waals surface area (Å²) in [6, 6.07) is 11.1. The number of morpholine rings is 1. The Morgan fingerprint density at radius 3 is 2.87 bits per heavy atom. The van der Waals surface area contributed by atoms with E-state index in [1.54, 1.807) is 0 Å². The van der Waals surface area contributed by atoms with Crippen molar-refractivity contribution in [2.24, 2.45) is 0 Å². The highest BCUT2D eigenvalue weighted by Gasteiger charge is 2.51. The van der Waals surface area contributed by atoms with E-state index in [0.29, 0.717) is 11.9 Å². The van der Waals surface area contributed by atoms with Crippen LogP contribution in [0.25, 0.3) is 0 Å². The van der Waals surface area contributed by atoms with E-state index in [4.69, 9.17) is 14.2 Å². The zero-order valence-corrected chi connectivity index (χ0v) is 13.1. The van der Waals surface area contributed by atoms with E-state index in [-0.39, 0.29) is 11.5 Å². The lowest BCUT2D eigenvalue weighted by molar-refractivity contribution is -0.0548. The second-order valence-electron chi connectivity index (χ2n) is 7.02. The van der Waals surface area contributed by atoms with Gasteiger partial charge in [-0.15, -0.1) is 0 Å². The van der Waals surface area contributed by atoms with E-state index < -0.39 is 0 Å². The molecule has 120 valence electrons. The van der Waals surface area contributed by atoms with Gasteiger partial charge in [0.2, 0.25) is 11.7 Å². The minimum atomic E-state index is -0.0582. The van der Waals surface area contributed by atoms with Crippen LogP contribution in [-0.4, -0.2) is 40.8 Å². The SMILES string of the molecule is c1ccc(C2(c3nc([C@H]4CN5CCC[C@H]5CO4)no3)CC2)cc1. The predicted molar refractivity (Wildman–Crippen MR) is 84.0 cm³/mol. The van der Waals surface area contributed by atoms with E-state index in [9.17, 15) is 0 Å². The summed E-state index contributed by atoms with van der Waals surface area (Å²) in [4.78, 5) is 7.24. The molecule has 3 fully saturated rings. The van der Waals surface area contributed by atoms with Crippen LogP contribution in [0.5, 0.6) is 0 Å². The molecule has 2 aliphatic heterocycles. The first-order chi connectivity index (χ1) is 11.4. The van der Waals surface area contributed by atoms with Crippen LogP contribution in [0, 0.1) is 0 Å². The van der Waals surface area contributed by atoms with Crippen molar-refractivity contribution in [2.45, 2.75) is 43.2 Å². The Morgan fingerprint density at radius 1 is 1.17 bits per heavy atom. The Balaban J connectivity index is 1.39. The van der Waals surface area contributed by atoms with Crippen molar-refractivity contribution >= 4 is 0 Å². The van der Waals surface area contributed by atoms with Crippen molar-refractivity contribution in [3.05, 3.63) is 47.6 Å². The Labute approximate surface area is 135 Å². The maximum atomic E-state index is 6.00. The Hall–Kier alpha value is -1.72. The predicted octanol–water partition coefficient (Wildman–Crippen LogP) is 2.69. The third kappa shape index (κ3) is 2.22. The Morgan fingerprint density at radius 2 is 2.04 bits per heavy atom. The molecule has 0 spiro atoms. The highest BCUT2D eigenvalue weighted by molar-refractivity contribution is 5.38. The van der Waals surface area contributed by atoms with E-state index in [2.05, 4.69) is 34.3 Å². The minimum Gasteiger partial charge on any atom is -0.367 e. The molecule has 0 radical (unpaired) electrons. The average Bonchev–Trinajstić information content (AvgIpc) is 3.05. The largest absolute Gasteiger partial charge is 0.367 e. The molecule has 2 atom stereocenters. The average molecular weight is 311 g/mol. The van der Waals surface area contributed by atoms with Crippen LogP contribution in [0.2, 0.25) is 0 Å². The standard InChI is InChI=1S/C18H21N3O2/c1-2-5-13(6-3-1)18(8-9-18)17-19-16(20-23-17)15-11-21-10-4-7-14(21)12-22-15/h1-3,5-6,14-15H,4,7-12H2/t14-,15+/m0/s1. The molecule has 5 heteroatoms. The maximum absolute atomic E-state index is 6.00. The fourth-order valence-electron chi connectivity index (χ4n) is 4.04. The Bertz CT molecular complexity index is 695. The van der Waals surface area contributed by atoms with Gasteiger partial charge in [0.1, 0.15) is 6.10 Å². The third-order valence-electron chi connectivity index (χ3n) is 5.60. The van der Waals surface area contributed by atoms with Crippen LogP contribution in [-0.2, 0) is 10.2 Å². The van der Waals surface area contributed by atoms with Crippen molar-refractivity contribution in [3.8, 4) is 0 Å². The second kappa shape index (κ2) is 5.14. The fraction of sp³-hybridized carbons (Fsp3) is 0.556. The first kappa shape index (κ1) is 13.7. The van der Waals surface area contributed by atoms with Crippen LogP contribution < -0.4 is 0 Å². The molecule has 2 aromatic rings. The molecule has 1 aliphatic carbocycles. The molecule has 1 saturated carbocycles. The number of nitrogens with zero attached hydrogens (tertiary/aromatic N) is 3. The highest BCUT2D eigenvalue weighted by Crippen LogP contribution is 2.52. The lowest BCUT2D eigenvalue weighted by atomic mass is 9.96. The number of aromatic nitrogens is 2. The lowest BCUT2D eigenvalue weighted by Crippen LogP contribution is -2.42. The molecule has 1 aromatic heterocycles.